The highest BCUT2D eigenvalue weighted by Gasteiger charge is 2.37. The van der Waals surface area contributed by atoms with E-state index in [4.69, 9.17) is 9.47 Å². The highest BCUT2D eigenvalue weighted by Crippen LogP contribution is 2.35. The number of piperidine rings is 1. The fraction of sp³-hybridized carbons (Fsp3) is 0.435. The van der Waals surface area contributed by atoms with Crippen LogP contribution in [0.15, 0.2) is 42.6 Å². The molecule has 1 aromatic rings. The van der Waals surface area contributed by atoms with E-state index in [-0.39, 0.29) is 12.4 Å². The summed E-state index contributed by atoms with van der Waals surface area (Å²) >= 11 is 0. The third-order valence-corrected chi connectivity index (χ3v) is 6.01. The number of benzene rings is 1. The number of aliphatic hydroxyl groups is 1. The summed E-state index contributed by atoms with van der Waals surface area (Å²) in [4.78, 5) is 6.00. The number of aromatic nitrogens is 2. The van der Waals surface area contributed by atoms with Crippen LogP contribution in [0.4, 0.5) is 13.2 Å². The number of alkyl halides is 3. The van der Waals surface area contributed by atoms with E-state index in [1.165, 1.54) is 0 Å². The van der Waals surface area contributed by atoms with E-state index < -0.39 is 17.5 Å². The highest BCUT2D eigenvalue weighted by molar-refractivity contribution is 5.59. The maximum atomic E-state index is 13.1. The summed E-state index contributed by atoms with van der Waals surface area (Å²) in [5.74, 6) is 1.76. The van der Waals surface area contributed by atoms with Gasteiger partial charge in [-0.05, 0) is 49.2 Å². The molecule has 0 aromatic heterocycles. The standard InChI is InChI=1S/C23H26F3N3O3/c1-31-18-5-6-19(32-2)17(12-18)14-28-10-7-22(30,8-11-28)15-29-9-3-4-16-13-20(23(24,25)26)27-21(16)29/h3-6,9,12-13,30H,7-8,10-11,14-15H2,1-2H3. The number of rotatable bonds is 6. The third-order valence-electron chi connectivity index (χ3n) is 6.01. The first kappa shape index (κ1) is 22.4. The van der Waals surface area contributed by atoms with Crippen molar-refractivity contribution < 1.29 is 27.8 Å². The molecule has 1 saturated heterocycles. The van der Waals surface area contributed by atoms with Gasteiger partial charge in [0.25, 0.3) is 0 Å². The predicted molar refractivity (Wildman–Crippen MR) is 113 cm³/mol. The molecule has 172 valence electrons. The Kier molecular flexibility index (Phi) is 6.05. The first-order valence-electron chi connectivity index (χ1n) is 10.4. The molecule has 6 nitrogen and oxygen atoms in total. The molecular formula is C23H26F3N3O3. The number of nitrogens with zero attached hydrogens (tertiary/aromatic N) is 3. The van der Waals surface area contributed by atoms with Gasteiger partial charge in [0, 0.05) is 37.0 Å². The van der Waals surface area contributed by atoms with Crippen LogP contribution in [-0.2, 0) is 19.3 Å². The van der Waals surface area contributed by atoms with Gasteiger partial charge in [-0.25, -0.2) is 4.98 Å². The molecule has 3 aliphatic heterocycles. The molecule has 0 amide bonds. The van der Waals surface area contributed by atoms with E-state index in [2.05, 4.69) is 9.88 Å². The molecule has 4 rings (SSSR count). The van der Waals surface area contributed by atoms with Gasteiger partial charge in [0.1, 0.15) is 23.0 Å². The van der Waals surface area contributed by atoms with Gasteiger partial charge in [-0.2, -0.15) is 13.2 Å². The van der Waals surface area contributed by atoms with Crippen LogP contribution < -0.4 is 9.47 Å². The average molecular weight is 449 g/mol. The Hall–Kier alpha value is -2.78. The second-order valence-corrected chi connectivity index (χ2v) is 8.23. The fourth-order valence-electron chi connectivity index (χ4n) is 4.22. The Labute approximate surface area is 184 Å². The summed E-state index contributed by atoms with van der Waals surface area (Å²) in [6, 6.07) is 9.97. The number of pyridine rings is 1. The van der Waals surface area contributed by atoms with Crippen LogP contribution in [0.3, 0.4) is 0 Å². The summed E-state index contributed by atoms with van der Waals surface area (Å²) in [6.07, 6.45) is -1.84. The Bertz CT molecular complexity index is 1040. The van der Waals surface area contributed by atoms with E-state index in [0.29, 0.717) is 38.0 Å². The molecule has 1 aromatic carbocycles. The van der Waals surface area contributed by atoms with Gasteiger partial charge < -0.3 is 19.1 Å². The average Bonchev–Trinajstić information content (AvgIpc) is 3.22. The van der Waals surface area contributed by atoms with Crippen molar-refractivity contribution >= 4 is 0 Å². The van der Waals surface area contributed by atoms with Crippen LogP contribution in [0.2, 0.25) is 0 Å². The topological polar surface area (TPSA) is 59.8 Å². The summed E-state index contributed by atoms with van der Waals surface area (Å²) < 4.78 is 51.6. The van der Waals surface area contributed by atoms with Gasteiger partial charge in [-0.15, -0.1) is 0 Å². The van der Waals surface area contributed by atoms with Crippen molar-refractivity contribution in [2.75, 3.05) is 27.3 Å². The van der Waals surface area contributed by atoms with Crippen LogP contribution in [0.25, 0.3) is 11.4 Å². The maximum absolute atomic E-state index is 13.1. The Morgan fingerprint density at radius 1 is 1.09 bits per heavy atom. The molecule has 0 bridgehead atoms. The molecule has 0 atom stereocenters. The number of likely N-dealkylation sites (tertiary alicyclic amines) is 1. The van der Waals surface area contributed by atoms with Crippen molar-refractivity contribution in [2.24, 2.45) is 0 Å². The van der Waals surface area contributed by atoms with Gasteiger partial charge in [0.2, 0.25) is 0 Å². The largest absolute Gasteiger partial charge is 0.497 e. The zero-order chi connectivity index (χ0) is 22.9. The lowest BCUT2D eigenvalue weighted by molar-refractivity contribution is -0.140. The molecule has 9 heteroatoms. The molecule has 0 spiro atoms. The summed E-state index contributed by atoms with van der Waals surface area (Å²) in [7, 11) is 3.24. The lowest BCUT2D eigenvalue weighted by Gasteiger charge is -2.39. The molecule has 0 aliphatic carbocycles. The summed E-state index contributed by atoms with van der Waals surface area (Å²) in [5.41, 5.74) is -0.532. The van der Waals surface area contributed by atoms with Crippen LogP contribution >= 0.6 is 0 Å². The number of fused-ring (bicyclic) bond motifs is 1. The maximum Gasteiger partial charge on any atom is 0.433 e. The van der Waals surface area contributed by atoms with Crippen LogP contribution in [0.5, 0.6) is 11.5 Å². The zero-order valence-corrected chi connectivity index (χ0v) is 18.0. The smallest absolute Gasteiger partial charge is 0.433 e. The Balaban J connectivity index is 1.45. The first-order valence-corrected chi connectivity index (χ1v) is 10.4. The van der Waals surface area contributed by atoms with E-state index in [0.717, 1.165) is 23.1 Å². The van der Waals surface area contributed by atoms with E-state index in [1.807, 2.05) is 18.2 Å². The number of hydrogen-bond acceptors (Lipinski definition) is 5. The Morgan fingerprint density at radius 2 is 1.84 bits per heavy atom. The monoisotopic (exact) mass is 449 g/mol. The minimum atomic E-state index is -4.50. The van der Waals surface area contributed by atoms with Gasteiger partial charge in [0.05, 0.1) is 26.4 Å². The molecule has 0 unspecified atom stereocenters. The van der Waals surface area contributed by atoms with Crippen molar-refractivity contribution in [1.82, 2.24) is 14.5 Å². The molecule has 3 aliphatic rings. The minimum absolute atomic E-state index is 0.189. The van der Waals surface area contributed by atoms with Crippen molar-refractivity contribution in [3.05, 3.63) is 53.9 Å². The van der Waals surface area contributed by atoms with Crippen LogP contribution in [0, 0.1) is 0 Å². The van der Waals surface area contributed by atoms with E-state index in [1.54, 1.807) is 37.1 Å². The molecule has 1 N–H and O–H groups in total. The number of halogens is 3. The molecule has 0 radical (unpaired) electrons. The highest BCUT2D eigenvalue weighted by atomic mass is 19.4. The van der Waals surface area contributed by atoms with Gasteiger partial charge in [0.15, 0.2) is 0 Å². The quantitative estimate of drug-likeness (QED) is 0.615. The van der Waals surface area contributed by atoms with Crippen molar-refractivity contribution in [3.63, 3.8) is 0 Å². The lowest BCUT2D eigenvalue weighted by Crippen LogP contribution is -2.46. The fourth-order valence-corrected chi connectivity index (χ4v) is 4.22. The normalized spacial score (nSPS) is 16.9. The second kappa shape index (κ2) is 8.63. The zero-order valence-electron chi connectivity index (χ0n) is 18.0. The summed E-state index contributed by atoms with van der Waals surface area (Å²) in [5, 5.41) is 11.2. The van der Waals surface area contributed by atoms with Crippen molar-refractivity contribution in [1.29, 1.82) is 0 Å². The number of methoxy groups -OCH3 is 2. The molecule has 3 heterocycles. The predicted octanol–water partition coefficient (Wildman–Crippen LogP) is 4.05. The van der Waals surface area contributed by atoms with Crippen molar-refractivity contribution in [2.45, 2.75) is 37.7 Å². The van der Waals surface area contributed by atoms with E-state index >= 15 is 0 Å². The number of ether oxygens (including phenoxy) is 2. The number of hydrogen-bond donors (Lipinski definition) is 1. The van der Waals surface area contributed by atoms with Crippen LogP contribution in [0.1, 0.15) is 24.1 Å². The molecule has 32 heavy (non-hydrogen) atoms. The molecule has 0 saturated carbocycles. The lowest BCUT2D eigenvalue weighted by atomic mass is 9.90. The van der Waals surface area contributed by atoms with Gasteiger partial charge in [-0.3, -0.25) is 4.90 Å². The minimum Gasteiger partial charge on any atom is -0.497 e. The summed E-state index contributed by atoms with van der Waals surface area (Å²) in [6.45, 7) is 2.14. The first-order chi connectivity index (χ1) is 15.2. The molecule has 1 fully saturated rings. The van der Waals surface area contributed by atoms with Crippen LogP contribution in [-0.4, -0.2) is 52.5 Å². The Morgan fingerprint density at radius 3 is 2.50 bits per heavy atom. The van der Waals surface area contributed by atoms with Gasteiger partial charge >= 0.3 is 6.18 Å². The molecular weight excluding hydrogens is 423 g/mol. The van der Waals surface area contributed by atoms with E-state index in [9.17, 15) is 18.3 Å². The second-order valence-electron chi connectivity index (χ2n) is 8.23. The SMILES string of the molecule is COc1ccc(OC)c(CN2CCC(O)(Cn3cccc4cc(C(F)(F)F)nc3-4)CC2)c1. The third kappa shape index (κ3) is 4.68. The van der Waals surface area contributed by atoms with Gasteiger partial charge in [-0.1, -0.05) is 0 Å². The van der Waals surface area contributed by atoms with Crippen molar-refractivity contribution in [3.8, 4) is 22.9 Å².